The maximum absolute atomic E-state index is 8.54. The molecular formula is C8H9N7O. The highest BCUT2D eigenvalue weighted by Crippen LogP contribution is 2.02. The van der Waals surface area contributed by atoms with E-state index in [2.05, 4.69) is 25.7 Å². The molecule has 2 heterocycles. The van der Waals surface area contributed by atoms with Gasteiger partial charge in [0.25, 0.3) is 0 Å². The van der Waals surface area contributed by atoms with Gasteiger partial charge in [-0.1, -0.05) is 5.16 Å². The molecule has 0 spiro atoms. The van der Waals surface area contributed by atoms with Crippen LogP contribution in [0.4, 0.5) is 0 Å². The maximum atomic E-state index is 8.54. The number of hydrogen-bond acceptors (Lipinski definition) is 6. The minimum Gasteiger partial charge on any atom is -0.409 e. The molecule has 0 aliphatic rings. The van der Waals surface area contributed by atoms with Gasteiger partial charge >= 0.3 is 0 Å². The second kappa shape index (κ2) is 4.34. The molecule has 2 aromatic rings. The number of tetrazole rings is 1. The number of amidine groups is 1. The summed E-state index contributed by atoms with van der Waals surface area (Å²) in [5, 5.41) is 22.2. The summed E-state index contributed by atoms with van der Waals surface area (Å²) in [5.74, 6) is 0.0420. The van der Waals surface area contributed by atoms with E-state index in [1.54, 1.807) is 18.3 Å². The highest BCUT2D eigenvalue weighted by molar-refractivity contribution is 5.96. The summed E-state index contributed by atoms with van der Waals surface area (Å²) < 4.78 is 1.53. The van der Waals surface area contributed by atoms with E-state index in [4.69, 9.17) is 10.9 Å². The van der Waals surface area contributed by atoms with Crippen LogP contribution >= 0.6 is 0 Å². The van der Waals surface area contributed by atoms with Gasteiger partial charge in [-0.15, -0.1) is 5.10 Å². The van der Waals surface area contributed by atoms with E-state index in [1.807, 2.05) is 0 Å². The Bertz CT molecular complexity index is 493. The fourth-order valence-electron chi connectivity index (χ4n) is 1.20. The SMILES string of the molecule is NC(=NO)c1ccnc(Cn2cnnn2)c1. The number of pyridine rings is 1. The van der Waals surface area contributed by atoms with Crippen molar-refractivity contribution in [3.63, 3.8) is 0 Å². The number of nitrogens with zero attached hydrogens (tertiary/aromatic N) is 6. The number of aromatic nitrogens is 5. The van der Waals surface area contributed by atoms with E-state index in [0.29, 0.717) is 12.1 Å². The van der Waals surface area contributed by atoms with Crippen molar-refractivity contribution in [1.29, 1.82) is 0 Å². The fourth-order valence-corrected chi connectivity index (χ4v) is 1.20. The van der Waals surface area contributed by atoms with Crippen LogP contribution in [0.5, 0.6) is 0 Å². The standard InChI is InChI=1S/C8H9N7O/c9-8(12-16)6-1-2-10-7(3-6)4-15-5-11-13-14-15/h1-3,5,16H,4H2,(H2,9,12). The Balaban J connectivity index is 2.23. The lowest BCUT2D eigenvalue weighted by atomic mass is 10.2. The molecule has 0 fully saturated rings. The molecule has 8 nitrogen and oxygen atoms in total. The second-order valence-corrected chi connectivity index (χ2v) is 3.03. The predicted octanol–water partition coefficient (Wildman–Crippen LogP) is -0.789. The van der Waals surface area contributed by atoms with Gasteiger partial charge in [-0.2, -0.15) is 0 Å². The fraction of sp³-hybridized carbons (Fsp3) is 0.125. The summed E-state index contributed by atoms with van der Waals surface area (Å²) in [7, 11) is 0. The first-order chi connectivity index (χ1) is 7.79. The summed E-state index contributed by atoms with van der Waals surface area (Å²) in [6.45, 7) is 0.430. The maximum Gasteiger partial charge on any atom is 0.170 e. The third-order valence-corrected chi connectivity index (χ3v) is 1.94. The van der Waals surface area contributed by atoms with Gasteiger partial charge < -0.3 is 10.9 Å². The first-order valence-electron chi connectivity index (χ1n) is 4.43. The average molecular weight is 219 g/mol. The number of rotatable bonds is 3. The van der Waals surface area contributed by atoms with Gasteiger partial charge in [-0.05, 0) is 22.6 Å². The summed E-state index contributed by atoms with van der Waals surface area (Å²) in [6, 6.07) is 3.36. The quantitative estimate of drug-likeness (QED) is 0.302. The molecule has 2 rings (SSSR count). The molecule has 0 aliphatic carbocycles. The highest BCUT2D eigenvalue weighted by atomic mass is 16.4. The summed E-state index contributed by atoms with van der Waals surface area (Å²) in [4.78, 5) is 4.12. The largest absolute Gasteiger partial charge is 0.409 e. The molecule has 16 heavy (non-hydrogen) atoms. The van der Waals surface area contributed by atoms with Crippen molar-refractivity contribution >= 4 is 5.84 Å². The molecule has 3 N–H and O–H groups in total. The van der Waals surface area contributed by atoms with Gasteiger partial charge in [0.1, 0.15) is 6.33 Å². The molecule has 8 heteroatoms. The molecule has 2 aromatic heterocycles. The summed E-state index contributed by atoms with van der Waals surface area (Å²) >= 11 is 0. The van der Waals surface area contributed by atoms with Gasteiger partial charge in [0.15, 0.2) is 5.84 Å². The Morgan fingerprint density at radius 2 is 2.44 bits per heavy atom. The molecule has 0 amide bonds. The zero-order valence-electron chi connectivity index (χ0n) is 8.22. The third-order valence-electron chi connectivity index (χ3n) is 1.94. The van der Waals surface area contributed by atoms with Gasteiger partial charge in [-0.25, -0.2) is 4.68 Å². The van der Waals surface area contributed by atoms with Crippen LogP contribution in [0, 0.1) is 0 Å². The smallest absolute Gasteiger partial charge is 0.170 e. The van der Waals surface area contributed by atoms with Crippen molar-refractivity contribution in [2.24, 2.45) is 10.9 Å². The van der Waals surface area contributed by atoms with Gasteiger partial charge in [-0.3, -0.25) is 4.98 Å². The van der Waals surface area contributed by atoms with E-state index in [1.165, 1.54) is 11.0 Å². The molecule has 0 aliphatic heterocycles. The van der Waals surface area contributed by atoms with E-state index in [9.17, 15) is 0 Å². The zero-order chi connectivity index (χ0) is 11.4. The van der Waals surface area contributed by atoms with Crippen molar-refractivity contribution in [2.45, 2.75) is 6.54 Å². The van der Waals surface area contributed by atoms with E-state index >= 15 is 0 Å². The van der Waals surface area contributed by atoms with Crippen LogP contribution < -0.4 is 5.73 Å². The number of oxime groups is 1. The molecule has 0 radical (unpaired) electrons. The third kappa shape index (κ3) is 2.11. The van der Waals surface area contributed by atoms with Gasteiger partial charge in [0, 0.05) is 11.8 Å². The van der Waals surface area contributed by atoms with E-state index < -0.39 is 0 Å². The first-order valence-corrected chi connectivity index (χ1v) is 4.43. The Morgan fingerprint density at radius 3 is 3.12 bits per heavy atom. The summed E-state index contributed by atoms with van der Waals surface area (Å²) in [5.41, 5.74) is 6.78. The van der Waals surface area contributed by atoms with Crippen LogP contribution in [-0.2, 0) is 6.54 Å². The van der Waals surface area contributed by atoms with Crippen molar-refractivity contribution in [3.8, 4) is 0 Å². The summed E-state index contributed by atoms with van der Waals surface area (Å²) in [6.07, 6.45) is 3.06. The molecule has 0 bridgehead atoms. The van der Waals surface area contributed by atoms with Crippen LogP contribution in [-0.4, -0.2) is 36.2 Å². The van der Waals surface area contributed by atoms with Gasteiger partial charge in [0.2, 0.25) is 0 Å². The lowest BCUT2D eigenvalue weighted by molar-refractivity contribution is 0.318. The molecule has 0 unspecified atom stereocenters. The van der Waals surface area contributed by atoms with Crippen molar-refractivity contribution in [3.05, 3.63) is 35.9 Å². The second-order valence-electron chi connectivity index (χ2n) is 3.03. The Labute approximate surface area is 90.4 Å². The monoisotopic (exact) mass is 219 g/mol. The molecule has 0 saturated heterocycles. The van der Waals surface area contributed by atoms with Crippen molar-refractivity contribution in [1.82, 2.24) is 25.2 Å². The minimum absolute atomic E-state index is 0.0420. The molecule has 0 saturated carbocycles. The Morgan fingerprint density at radius 1 is 1.56 bits per heavy atom. The van der Waals surface area contributed by atoms with Gasteiger partial charge in [0.05, 0.1) is 12.2 Å². The van der Waals surface area contributed by atoms with E-state index in [-0.39, 0.29) is 5.84 Å². The lowest BCUT2D eigenvalue weighted by Gasteiger charge is -2.02. The number of nitrogens with two attached hydrogens (primary N) is 1. The highest BCUT2D eigenvalue weighted by Gasteiger charge is 2.03. The topological polar surface area (TPSA) is 115 Å². The lowest BCUT2D eigenvalue weighted by Crippen LogP contribution is -2.14. The zero-order valence-corrected chi connectivity index (χ0v) is 8.22. The Kier molecular flexibility index (Phi) is 2.72. The van der Waals surface area contributed by atoms with Crippen LogP contribution in [0.15, 0.2) is 29.8 Å². The van der Waals surface area contributed by atoms with Crippen LogP contribution in [0.1, 0.15) is 11.3 Å². The van der Waals surface area contributed by atoms with Crippen LogP contribution in [0.2, 0.25) is 0 Å². The van der Waals surface area contributed by atoms with Crippen LogP contribution in [0.25, 0.3) is 0 Å². The van der Waals surface area contributed by atoms with Crippen molar-refractivity contribution < 1.29 is 5.21 Å². The normalized spacial score (nSPS) is 11.6. The van der Waals surface area contributed by atoms with Crippen LogP contribution in [0.3, 0.4) is 0 Å². The molecule has 0 aromatic carbocycles. The molecular weight excluding hydrogens is 210 g/mol. The molecule has 82 valence electrons. The average Bonchev–Trinajstić information content (AvgIpc) is 2.81. The predicted molar refractivity (Wildman–Crippen MR) is 53.7 cm³/mol. The first kappa shape index (κ1) is 10.0. The Hall–Kier alpha value is -2.51. The number of hydrogen-bond donors (Lipinski definition) is 2. The van der Waals surface area contributed by atoms with E-state index in [0.717, 1.165) is 5.69 Å². The minimum atomic E-state index is 0.0420. The van der Waals surface area contributed by atoms with Crippen molar-refractivity contribution in [2.75, 3.05) is 0 Å². The molecule has 0 atom stereocenters.